The third-order valence-electron chi connectivity index (χ3n) is 3.65. The number of nitrogens with zero attached hydrogens (tertiary/aromatic N) is 4. The van der Waals surface area contributed by atoms with Crippen molar-refractivity contribution in [1.29, 1.82) is 0 Å². The van der Waals surface area contributed by atoms with Gasteiger partial charge in [0, 0.05) is 34.7 Å². The van der Waals surface area contributed by atoms with E-state index in [2.05, 4.69) is 15.5 Å². The molecule has 1 aromatic heterocycles. The molecule has 0 spiro atoms. The van der Waals surface area contributed by atoms with Crippen molar-refractivity contribution in [2.24, 2.45) is 5.10 Å². The quantitative estimate of drug-likeness (QED) is 0.359. The predicted octanol–water partition coefficient (Wildman–Crippen LogP) is 4.08. The monoisotopic (exact) mass is 399 g/mol. The Hall–Kier alpha value is -3.86. The van der Waals surface area contributed by atoms with Gasteiger partial charge in [-0.1, -0.05) is 0 Å². The van der Waals surface area contributed by atoms with E-state index in [-0.39, 0.29) is 17.1 Å². The fraction of sp³-hybridized carbons (Fsp3) is 0.0588. The highest BCUT2D eigenvalue weighted by atomic mass is 32.1. The largest absolute Gasteiger partial charge is 0.490 e. The zero-order valence-electron chi connectivity index (χ0n) is 14.4. The number of hydrogen-bond donors (Lipinski definition) is 1. The van der Waals surface area contributed by atoms with Gasteiger partial charge in [0.2, 0.25) is 5.13 Å². The van der Waals surface area contributed by atoms with Crippen molar-refractivity contribution in [2.75, 3.05) is 12.5 Å². The van der Waals surface area contributed by atoms with E-state index in [1.807, 2.05) is 0 Å². The summed E-state index contributed by atoms with van der Waals surface area (Å²) in [6.07, 6.45) is 1.43. The summed E-state index contributed by atoms with van der Waals surface area (Å²) >= 11 is 1.31. The number of nitrogens with one attached hydrogen (secondary N) is 1. The van der Waals surface area contributed by atoms with Crippen LogP contribution in [0.25, 0.3) is 11.3 Å². The van der Waals surface area contributed by atoms with Gasteiger partial charge in [0.1, 0.15) is 0 Å². The summed E-state index contributed by atoms with van der Waals surface area (Å²) in [5.74, 6) is 0.169. The number of methoxy groups -OCH3 is 1. The molecule has 0 saturated carbocycles. The zero-order chi connectivity index (χ0) is 20.1. The smallest absolute Gasteiger partial charge is 0.311 e. The fourth-order valence-electron chi connectivity index (χ4n) is 2.30. The van der Waals surface area contributed by atoms with Gasteiger partial charge in [0.15, 0.2) is 5.75 Å². The molecule has 28 heavy (non-hydrogen) atoms. The lowest BCUT2D eigenvalue weighted by molar-refractivity contribution is -0.385. The van der Waals surface area contributed by atoms with E-state index in [9.17, 15) is 20.2 Å². The molecule has 0 saturated heterocycles. The van der Waals surface area contributed by atoms with Crippen molar-refractivity contribution in [3.63, 3.8) is 0 Å². The fourth-order valence-corrected chi connectivity index (χ4v) is 2.97. The molecule has 0 unspecified atom stereocenters. The molecule has 0 fully saturated rings. The highest BCUT2D eigenvalue weighted by molar-refractivity contribution is 7.14. The minimum absolute atomic E-state index is 0.00973. The first-order chi connectivity index (χ1) is 13.5. The van der Waals surface area contributed by atoms with E-state index in [0.29, 0.717) is 16.4 Å². The van der Waals surface area contributed by atoms with E-state index in [4.69, 9.17) is 4.74 Å². The van der Waals surface area contributed by atoms with Crippen LogP contribution in [0, 0.1) is 20.2 Å². The van der Waals surface area contributed by atoms with E-state index < -0.39 is 9.85 Å². The van der Waals surface area contributed by atoms with Crippen LogP contribution in [-0.2, 0) is 0 Å². The summed E-state index contributed by atoms with van der Waals surface area (Å²) < 4.78 is 4.95. The topological polar surface area (TPSA) is 133 Å². The molecule has 0 atom stereocenters. The van der Waals surface area contributed by atoms with Crippen molar-refractivity contribution < 1.29 is 14.6 Å². The van der Waals surface area contributed by atoms with Gasteiger partial charge in [-0.3, -0.25) is 25.7 Å². The minimum Gasteiger partial charge on any atom is -0.490 e. The Morgan fingerprint density at radius 1 is 1.14 bits per heavy atom. The number of rotatable bonds is 7. The highest BCUT2D eigenvalue weighted by Gasteiger charge is 2.14. The second kappa shape index (κ2) is 8.22. The van der Waals surface area contributed by atoms with Gasteiger partial charge in [0.25, 0.3) is 5.69 Å². The average molecular weight is 399 g/mol. The van der Waals surface area contributed by atoms with Gasteiger partial charge in [-0.2, -0.15) is 5.10 Å². The van der Waals surface area contributed by atoms with Gasteiger partial charge in [-0.15, -0.1) is 11.3 Å². The summed E-state index contributed by atoms with van der Waals surface area (Å²) in [4.78, 5) is 25.1. The third kappa shape index (κ3) is 4.27. The molecule has 0 aliphatic rings. The number of anilines is 1. The summed E-state index contributed by atoms with van der Waals surface area (Å²) in [6, 6.07) is 10.6. The Balaban J connectivity index is 1.69. The van der Waals surface area contributed by atoms with Crippen LogP contribution in [0.4, 0.5) is 16.5 Å². The van der Waals surface area contributed by atoms with E-state index in [1.165, 1.54) is 48.9 Å². The molecular formula is C17H13N5O5S. The number of non-ortho nitro benzene ring substituents is 1. The van der Waals surface area contributed by atoms with Crippen LogP contribution in [0.3, 0.4) is 0 Å². The summed E-state index contributed by atoms with van der Waals surface area (Å²) in [5, 5.41) is 28.1. The van der Waals surface area contributed by atoms with Crippen molar-refractivity contribution in [2.45, 2.75) is 0 Å². The Morgan fingerprint density at radius 3 is 2.54 bits per heavy atom. The van der Waals surface area contributed by atoms with Crippen LogP contribution in [-0.4, -0.2) is 28.2 Å². The molecule has 0 aliphatic heterocycles. The second-order valence-corrected chi connectivity index (χ2v) is 6.26. The number of nitro benzene ring substituents is 2. The molecule has 10 nitrogen and oxygen atoms in total. The Morgan fingerprint density at radius 2 is 1.89 bits per heavy atom. The van der Waals surface area contributed by atoms with E-state index >= 15 is 0 Å². The van der Waals surface area contributed by atoms with Gasteiger partial charge in [-0.25, -0.2) is 4.98 Å². The molecule has 11 heteroatoms. The Bertz CT molecular complexity index is 1050. The highest BCUT2D eigenvalue weighted by Crippen LogP contribution is 2.28. The Kier molecular flexibility index (Phi) is 5.56. The Labute approximate surface area is 162 Å². The molecule has 0 aliphatic carbocycles. The molecular weight excluding hydrogens is 386 g/mol. The first-order valence-corrected chi connectivity index (χ1v) is 8.68. The van der Waals surface area contributed by atoms with Crippen molar-refractivity contribution in [3.8, 4) is 17.0 Å². The molecule has 0 bridgehead atoms. The van der Waals surface area contributed by atoms with Crippen molar-refractivity contribution in [3.05, 3.63) is 73.6 Å². The lowest BCUT2D eigenvalue weighted by atomic mass is 10.1. The van der Waals surface area contributed by atoms with Crippen LogP contribution >= 0.6 is 11.3 Å². The number of hydrazone groups is 1. The first kappa shape index (κ1) is 18.9. The summed E-state index contributed by atoms with van der Waals surface area (Å²) in [7, 11) is 1.36. The molecule has 142 valence electrons. The maximum atomic E-state index is 11.0. The van der Waals surface area contributed by atoms with E-state index in [0.717, 1.165) is 5.56 Å². The first-order valence-electron chi connectivity index (χ1n) is 7.80. The molecule has 2 aromatic carbocycles. The maximum Gasteiger partial charge on any atom is 0.311 e. The molecule has 0 radical (unpaired) electrons. The molecule has 1 N–H and O–H groups in total. The number of thiazole rings is 1. The van der Waals surface area contributed by atoms with Gasteiger partial charge in [-0.05, 0) is 24.3 Å². The van der Waals surface area contributed by atoms with Gasteiger partial charge >= 0.3 is 5.69 Å². The van der Waals surface area contributed by atoms with Crippen LogP contribution in [0.15, 0.2) is 52.9 Å². The molecule has 1 heterocycles. The maximum absolute atomic E-state index is 11.0. The van der Waals surface area contributed by atoms with Crippen LogP contribution < -0.4 is 10.2 Å². The zero-order valence-corrected chi connectivity index (χ0v) is 15.3. The second-order valence-electron chi connectivity index (χ2n) is 5.40. The number of nitro groups is 2. The predicted molar refractivity (Wildman–Crippen MR) is 105 cm³/mol. The third-order valence-corrected chi connectivity index (χ3v) is 4.40. The van der Waals surface area contributed by atoms with Crippen molar-refractivity contribution in [1.82, 2.24) is 4.98 Å². The standard InChI is InChI=1S/C17H13N5O5S/c1-27-16-7-2-11(8-15(16)22(25)26)9-18-20-17-19-14(10-28-17)12-3-5-13(6-4-12)21(23)24/h2-10H,1H3,(H,19,20)/b18-9+. The summed E-state index contributed by atoms with van der Waals surface area (Å²) in [6.45, 7) is 0. The molecule has 3 rings (SSSR count). The lowest BCUT2D eigenvalue weighted by Crippen LogP contribution is -1.96. The number of ether oxygens (including phenoxy) is 1. The summed E-state index contributed by atoms with van der Waals surface area (Å²) in [5.41, 5.74) is 4.53. The average Bonchev–Trinajstić information content (AvgIpc) is 3.17. The van der Waals surface area contributed by atoms with E-state index in [1.54, 1.807) is 23.6 Å². The van der Waals surface area contributed by atoms with Crippen molar-refractivity contribution >= 4 is 34.1 Å². The number of hydrogen-bond acceptors (Lipinski definition) is 9. The molecule has 0 amide bonds. The number of benzene rings is 2. The van der Waals surface area contributed by atoms with Crippen LogP contribution in [0.1, 0.15) is 5.56 Å². The number of aromatic nitrogens is 1. The SMILES string of the molecule is COc1ccc(/C=N/Nc2nc(-c3ccc([N+](=O)[O-])cc3)cs2)cc1[N+](=O)[O-]. The van der Waals surface area contributed by atoms with Crippen LogP contribution in [0.2, 0.25) is 0 Å². The van der Waals surface area contributed by atoms with Gasteiger partial charge in [0.05, 0.1) is 28.9 Å². The van der Waals surface area contributed by atoms with Gasteiger partial charge < -0.3 is 4.74 Å². The molecule has 3 aromatic rings. The minimum atomic E-state index is -0.527. The van der Waals surface area contributed by atoms with Crippen LogP contribution in [0.5, 0.6) is 5.75 Å². The normalized spacial score (nSPS) is 10.8. The lowest BCUT2D eigenvalue weighted by Gasteiger charge is -2.01.